The zero-order chi connectivity index (χ0) is 14.8. The van der Waals surface area contributed by atoms with Crippen molar-refractivity contribution in [2.45, 2.75) is 50.6 Å². The fourth-order valence-electron chi connectivity index (χ4n) is 3.51. The Hall–Kier alpha value is -0.740. The summed E-state index contributed by atoms with van der Waals surface area (Å²) >= 11 is 9.70. The normalized spacial score (nSPS) is 24.0. The highest BCUT2D eigenvalue weighted by Gasteiger charge is 2.34. The molecule has 1 aliphatic carbocycles. The minimum absolute atomic E-state index is 0.236. The SMILES string of the molecule is NC1=NCC(c2ccc(Cl)cc2Br)N1C1CCCCCC1. The van der Waals surface area contributed by atoms with Gasteiger partial charge in [0, 0.05) is 15.5 Å². The van der Waals surface area contributed by atoms with Gasteiger partial charge in [-0.2, -0.15) is 0 Å². The van der Waals surface area contributed by atoms with E-state index in [1.807, 2.05) is 12.1 Å². The zero-order valence-corrected chi connectivity index (χ0v) is 14.4. The van der Waals surface area contributed by atoms with Gasteiger partial charge in [0.15, 0.2) is 5.96 Å². The van der Waals surface area contributed by atoms with Crippen molar-refractivity contribution in [3.8, 4) is 0 Å². The molecule has 1 saturated carbocycles. The summed E-state index contributed by atoms with van der Waals surface area (Å²) in [6, 6.07) is 6.75. The first-order chi connectivity index (χ1) is 10.2. The average molecular weight is 371 g/mol. The highest BCUT2D eigenvalue weighted by molar-refractivity contribution is 9.10. The lowest BCUT2D eigenvalue weighted by atomic mass is 10.0. The van der Waals surface area contributed by atoms with E-state index in [0.29, 0.717) is 12.0 Å². The van der Waals surface area contributed by atoms with Crippen LogP contribution in [0.25, 0.3) is 0 Å². The first-order valence-corrected chi connectivity index (χ1v) is 8.87. The summed E-state index contributed by atoms with van der Waals surface area (Å²) in [6.45, 7) is 0.739. The van der Waals surface area contributed by atoms with Crippen LogP contribution in [0.4, 0.5) is 0 Å². The van der Waals surface area contributed by atoms with Gasteiger partial charge in [0.05, 0.1) is 12.6 Å². The quantitative estimate of drug-likeness (QED) is 0.779. The van der Waals surface area contributed by atoms with Crippen LogP contribution in [0.15, 0.2) is 27.7 Å². The molecule has 3 rings (SSSR count). The predicted molar refractivity (Wildman–Crippen MR) is 91.7 cm³/mol. The Bertz CT molecular complexity index is 538. The molecule has 1 heterocycles. The summed E-state index contributed by atoms with van der Waals surface area (Å²) in [4.78, 5) is 6.86. The van der Waals surface area contributed by atoms with E-state index < -0.39 is 0 Å². The van der Waals surface area contributed by atoms with E-state index in [1.165, 1.54) is 44.1 Å². The van der Waals surface area contributed by atoms with Crippen molar-refractivity contribution in [2.24, 2.45) is 10.7 Å². The van der Waals surface area contributed by atoms with Gasteiger partial charge in [-0.1, -0.05) is 59.3 Å². The van der Waals surface area contributed by atoms with Crippen LogP contribution in [-0.2, 0) is 0 Å². The molecule has 3 nitrogen and oxygen atoms in total. The molecule has 0 spiro atoms. The zero-order valence-electron chi connectivity index (χ0n) is 12.1. The van der Waals surface area contributed by atoms with Gasteiger partial charge in [-0.05, 0) is 30.5 Å². The van der Waals surface area contributed by atoms with Crippen LogP contribution >= 0.6 is 27.5 Å². The van der Waals surface area contributed by atoms with Gasteiger partial charge in [0.1, 0.15) is 0 Å². The molecule has 0 bridgehead atoms. The molecule has 1 unspecified atom stereocenters. The van der Waals surface area contributed by atoms with Gasteiger partial charge >= 0.3 is 0 Å². The predicted octanol–water partition coefficient (Wildman–Crippen LogP) is 4.50. The van der Waals surface area contributed by atoms with Gasteiger partial charge in [0.2, 0.25) is 0 Å². The molecule has 0 amide bonds. The molecule has 114 valence electrons. The van der Waals surface area contributed by atoms with Crippen molar-refractivity contribution in [2.75, 3.05) is 6.54 Å². The van der Waals surface area contributed by atoms with Crippen LogP contribution in [0.3, 0.4) is 0 Å². The lowest BCUT2D eigenvalue weighted by Crippen LogP contribution is -2.43. The number of rotatable bonds is 2. The van der Waals surface area contributed by atoms with Crippen molar-refractivity contribution in [3.05, 3.63) is 33.3 Å². The van der Waals surface area contributed by atoms with E-state index in [4.69, 9.17) is 17.3 Å². The maximum Gasteiger partial charge on any atom is 0.192 e. The molecule has 2 N–H and O–H groups in total. The molecule has 1 fully saturated rings. The second kappa shape index (κ2) is 6.57. The van der Waals surface area contributed by atoms with E-state index in [1.54, 1.807) is 0 Å². The molecule has 1 aliphatic heterocycles. The van der Waals surface area contributed by atoms with Gasteiger partial charge in [-0.15, -0.1) is 0 Å². The number of hydrogen-bond donors (Lipinski definition) is 1. The second-order valence-corrected chi connectivity index (χ2v) is 7.22. The van der Waals surface area contributed by atoms with Crippen LogP contribution < -0.4 is 5.73 Å². The van der Waals surface area contributed by atoms with Crippen LogP contribution in [-0.4, -0.2) is 23.4 Å². The lowest BCUT2D eigenvalue weighted by molar-refractivity contribution is 0.237. The summed E-state index contributed by atoms with van der Waals surface area (Å²) in [7, 11) is 0. The van der Waals surface area contributed by atoms with Crippen molar-refractivity contribution < 1.29 is 0 Å². The fourth-order valence-corrected chi connectivity index (χ4v) is 4.45. The molecule has 0 aromatic heterocycles. The van der Waals surface area contributed by atoms with Crippen LogP contribution in [0.2, 0.25) is 5.02 Å². The highest BCUT2D eigenvalue weighted by atomic mass is 79.9. The van der Waals surface area contributed by atoms with Crippen LogP contribution in [0.1, 0.15) is 50.1 Å². The first-order valence-electron chi connectivity index (χ1n) is 7.70. The Labute approximate surface area is 139 Å². The fraction of sp³-hybridized carbons (Fsp3) is 0.562. The smallest absolute Gasteiger partial charge is 0.192 e. The van der Waals surface area contributed by atoms with Crippen molar-refractivity contribution in [1.82, 2.24) is 4.90 Å². The number of hydrogen-bond acceptors (Lipinski definition) is 3. The van der Waals surface area contributed by atoms with Crippen LogP contribution in [0.5, 0.6) is 0 Å². The Morgan fingerprint density at radius 1 is 1.19 bits per heavy atom. The van der Waals surface area contributed by atoms with Gasteiger partial charge in [-0.3, -0.25) is 4.99 Å². The number of benzene rings is 1. The highest BCUT2D eigenvalue weighted by Crippen LogP contribution is 2.36. The van der Waals surface area contributed by atoms with Crippen molar-refractivity contribution in [1.29, 1.82) is 0 Å². The standard InChI is InChI=1S/C16H21BrClN3/c17-14-9-11(18)7-8-13(14)15-10-20-16(19)21(15)12-5-3-1-2-4-6-12/h7-9,12,15H,1-6,10H2,(H2,19,20). The van der Waals surface area contributed by atoms with Gasteiger partial charge < -0.3 is 10.6 Å². The Balaban J connectivity index is 1.87. The molecule has 1 atom stereocenters. The van der Waals surface area contributed by atoms with E-state index in [2.05, 4.69) is 31.9 Å². The molecule has 0 radical (unpaired) electrons. The van der Waals surface area contributed by atoms with Crippen LogP contribution in [0, 0.1) is 0 Å². The monoisotopic (exact) mass is 369 g/mol. The van der Waals surface area contributed by atoms with Gasteiger partial charge in [0.25, 0.3) is 0 Å². The summed E-state index contributed by atoms with van der Waals surface area (Å²) < 4.78 is 1.04. The largest absolute Gasteiger partial charge is 0.370 e. The number of aliphatic imine (C=N–C) groups is 1. The van der Waals surface area contributed by atoms with Gasteiger partial charge in [-0.25, -0.2) is 0 Å². The summed E-state index contributed by atoms with van der Waals surface area (Å²) in [5, 5.41) is 0.749. The third kappa shape index (κ3) is 3.21. The number of halogens is 2. The molecular weight excluding hydrogens is 350 g/mol. The molecule has 5 heteroatoms. The minimum atomic E-state index is 0.236. The maximum atomic E-state index is 6.20. The molecule has 1 aromatic rings. The van der Waals surface area contributed by atoms with E-state index in [9.17, 15) is 0 Å². The Morgan fingerprint density at radius 3 is 2.57 bits per heavy atom. The Morgan fingerprint density at radius 2 is 1.90 bits per heavy atom. The maximum absolute atomic E-state index is 6.20. The molecule has 1 aromatic carbocycles. The summed E-state index contributed by atoms with van der Waals surface area (Å²) in [5.41, 5.74) is 7.43. The average Bonchev–Trinajstić information content (AvgIpc) is 2.67. The second-order valence-electron chi connectivity index (χ2n) is 5.93. The lowest BCUT2D eigenvalue weighted by Gasteiger charge is -2.34. The topological polar surface area (TPSA) is 41.6 Å². The molecule has 21 heavy (non-hydrogen) atoms. The number of guanidine groups is 1. The minimum Gasteiger partial charge on any atom is -0.370 e. The molecular formula is C16H21BrClN3. The van der Waals surface area contributed by atoms with Crippen molar-refractivity contribution in [3.63, 3.8) is 0 Å². The third-order valence-corrected chi connectivity index (χ3v) is 5.49. The summed E-state index contributed by atoms with van der Waals surface area (Å²) in [5.74, 6) is 0.703. The summed E-state index contributed by atoms with van der Waals surface area (Å²) in [6.07, 6.45) is 7.72. The number of nitrogens with two attached hydrogens (primary N) is 1. The third-order valence-electron chi connectivity index (χ3n) is 4.57. The molecule has 2 aliphatic rings. The number of nitrogens with zero attached hydrogens (tertiary/aromatic N) is 2. The first kappa shape index (κ1) is 15.2. The van der Waals surface area contributed by atoms with Crippen molar-refractivity contribution >= 4 is 33.5 Å². The Kier molecular flexibility index (Phi) is 4.75. The van der Waals surface area contributed by atoms with E-state index in [-0.39, 0.29) is 6.04 Å². The van der Waals surface area contributed by atoms with E-state index >= 15 is 0 Å². The molecule has 0 saturated heterocycles. The van der Waals surface area contributed by atoms with E-state index in [0.717, 1.165) is 16.0 Å².